The molecule has 1 saturated heterocycles. The van der Waals surface area contributed by atoms with Gasteiger partial charge in [-0.2, -0.15) is 0 Å². The largest absolute Gasteiger partial charge is 0.371 e. The van der Waals surface area contributed by atoms with E-state index in [-0.39, 0.29) is 5.91 Å². The lowest BCUT2D eigenvalue weighted by Gasteiger charge is -2.19. The fraction of sp³-hybridized carbons (Fsp3) is 0.562. The van der Waals surface area contributed by atoms with Crippen LogP contribution in [0, 0.1) is 5.92 Å². The molecule has 0 saturated carbocycles. The van der Waals surface area contributed by atoms with E-state index in [0.717, 1.165) is 18.8 Å². The topological polar surface area (TPSA) is 58.4 Å². The van der Waals surface area contributed by atoms with Gasteiger partial charge in [0.25, 0.3) is 0 Å². The van der Waals surface area contributed by atoms with Crippen LogP contribution in [-0.4, -0.2) is 25.0 Å². The summed E-state index contributed by atoms with van der Waals surface area (Å²) in [4.78, 5) is 14.4. The van der Waals surface area contributed by atoms with Gasteiger partial charge < -0.3 is 16.0 Å². The van der Waals surface area contributed by atoms with Crippen molar-refractivity contribution in [2.45, 2.75) is 39.2 Å². The van der Waals surface area contributed by atoms with E-state index < -0.39 is 6.04 Å². The lowest BCUT2D eigenvalue weighted by Crippen LogP contribution is -2.36. The monoisotopic (exact) mass is 275 g/mol. The number of nitrogens with zero attached hydrogens (tertiary/aromatic N) is 1. The normalized spacial score (nSPS) is 16.5. The molecule has 2 rings (SSSR count). The Morgan fingerprint density at radius 1 is 1.35 bits per heavy atom. The molecule has 0 radical (unpaired) electrons. The van der Waals surface area contributed by atoms with E-state index in [1.165, 1.54) is 18.5 Å². The summed E-state index contributed by atoms with van der Waals surface area (Å²) in [6.45, 7) is 6.34. The first-order valence-corrected chi connectivity index (χ1v) is 7.47. The maximum Gasteiger partial charge on any atom is 0.241 e. The van der Waals surface area contributed by atoms with Gasteiger partial charge in [0.05, 0.1) is 6.04 Å². The highest BCUT2D eigenvalue weighted by Crippen LogP contribution is 2.23. The lowest BCUT2D eigenvalue weighted by molar-refractivity contribution is -0.117. The lowest BCUT2D eigenvalue weighted by atomic mass is 10.0. The smallest absolute Gasteiger partial charge is 0.241 e. The summed E-state index contributed by atoms with van der Waals surface area (Å²) < 4.78 is 0. The van der Waals surface area contributed by atoms with Crippen molar-refractivity contribution in [2.24, 2.45) is 11.7 Å². The average molecular weight is 275 g/mol. The van der Waals surface area contributed by atoms with E-state index >= 15 is 0 Å². The van der Waals surface area contributed by atoms with Crippen molar-refractivity contribution in [3.05, 3.63) is 24.3 Å². The van der Waals surface area contributed by atoms with Gasteiger partial charge in [-0.25, -0.2) is 0 Å². The van der Waals surface area contributed by atoms with Gasteiger partial charge in [-0.15, -0.1) is 0 Å². The maximum absolute atomic E-state index is 12.0. The van der Waals surface area contributed by atoms with Crippen LogP contribution in [0.1, 0.15) is 33.1 Å². The molecular weight excluding hydrogens is 250 g/mol. The molecule has 1 heterocycles. The molecule has 1 aliphatic heterocycles. The van der Waals surface area contributed by atoms with Crippen molar-refractivity contribution in [3.63, 3.8) is 0 Å². The minimum Gasteiger partial charge on any atom is -0.371 e. The Morgan fingerprint density at radius 3 is 2.70 bits per heavy atom. The first kappa shape index (κ1) is 14.9. The molecule has 0 aromatic heterocycles. The molecule has 1 unspecified atom stereocenters. The summed E-state index contributed by atoms with van der Waals surface area (Å²) in [5.41, 5.74) is 7.91. The summed E-state index contributed by atoms with van der Waals surface area (Å²) >= 11 is 0. The number of rotatable bonds is 5. The summed E-state index contributed by atoms with van der Waals surface area (Å²) in [7, 11) is 0. The van der Waals surface area contributed by atoms with Gasteiger partial charge in [-0.1, -0.05) is 19.9 Å². The molecule has 110 valence electrons. The second-order valence-electron chi connectivity index (χ2n) is 5.97. The first-order chi connectivity index (χ1) is 9.56. The quantitative estimate of drug-likeness (QED) is 0.868. The van der Waals surface area contributed by atoms with Crippen molar-refractivity contribution in [1.82, 2.24) is 0 Å². The minimum atomic E-state index is -0.439. The Morgan fingerprint density at radius 2 is 2.05 bits per heavy atom. The molecular formula is C16H25N3O. The Labute approximate surface area is 121 Å². The van der Waals surface area contributed by atoms with Crippen LogP contribution in [0.5, 0.6) is 0 Å². The molecule has 1 amide bonds. The average Bonchev–Trinajstić information content (AvgIpc) is 2.92. The second kappa shape index (κ2) is 6.75. The Hall–Kier alpha value is -1.55. The number of anilines is 2. The molecule has 4 nitrogen and oxygen atoms in total. The number of benzene rings is 1. The zero-order chi connectivity index (χ0) is 14.5. The summed E-state index contributed by atoms with van der Waals surface area (Å²) in [6, 6.07) is 7.59. The van der Waals surface area contributed by atoms with Crippen molar-refractivity contribution >= 4 is 17.3 Å². The summed E-state index contributed by atoms with van der Waals surface area (Å²) in [5.74, 6) is 0.323. The predicted molar refractivity (Wildman–Crippen MR) is 83.9 cm³/mol. The molecule has 0 spiro atoms. The van der Waals surface area contributed by atoms with Crippen LogP contribution in [0.4, 0.5) is 11.4 Å². The van der Waals surface area contributed by atoms with Gasteiger partial charge in [0.2, 0.25) is 5.91 Å². The molecule has 1 fully saturated rings. The number of carbonyl (C=O) groups excluding carboxylic acids is 1. The number of nitrogens with one attached hydrogen (secondary N) is 1. The van der Waals surface area contributed by atoms with E-state index in [0.29, 0.717) is 12.3 Å². The molecule has 20 heavy (non-hydrogen) atoms. The van der Waals surface area contributed by atoms with E-state index in [4.69, 9.17) is 5.73 Å². The first-order valence-electron chi connectivity index (χ1n) is 7.47. The number of amides is 1. The SMILES string of the molecule is CC(C)CC(N)C(=O)Nc1cccc(N2CCCC2)c1. The third kappa shape index (κ3) is 3.97. The number of hydrogen-bond acceptors (Lipinski definition) is 3. The molecule has 1 aromatic carbocycles. The van der Waals surface area contributed by atoms with E-state index in [1.807, 2.05) is 18.2 Å². The zero-order valence-corrected chi connectivity index (χ0v) is 12.4. The summed E-state index contributed by atoms with van der Waals surface area (Å²) in [6.07, 6.45) is 3.20. The van der Waals surface area contributed by atoms with E-state index in [2.05, 4.69) is 30.1 Å². The van der Waals surface area contributed by atoms with Gasteiger partial charge in [-0.05, 0) is 43.4 Å². The molecule has 0 bridgehead atoms. The van der Waals surface area contributed by atoms with Crippen LogP contribution in [0.15, 0.2) is 24.3 Å². The Balaban J connectivity index is 1.98. The molecule has 3 N–H and O–H groups in total. The van der Waals surface area contributed by atoms with Crippen molar-refractivity contribution in [1.29, 1.82) is 0 Å². The molecule has 0 aliphatic carbocycles. The van der Waals surface area contributed by atoms with Crippen molar-refractivity contribution in [3.8, 4) is 0 Å². The fourth-order valence-electron chi connectivity index (χ4n) is 2.61. The third-order valence-electron chi connectivity index (χ3n) is 3.65. The zero-order valence-electron chi connectivity index (χ0n) is 12.4. The van der Waals surface area contributed by atoms with Crippen molar-refractivity contribution in [2.75, 3.05) is 23.3 Å². The number of nitrogens with two attached hydrogens (primary N) is 1. The number of carbonyl (C=O) groups is 1. The standard InChI is InChI=1S/C16H25N3O/c1-12(2)10-15(17)16(20)18-13-6-5-7-14(11-13)19-8-3-4-9-19/h5-7,11-12,15H,3-4,8-10,17H2,1-2H3,(H,18,20). The third-order valence-corrected chi connectivity index (χ3v) is 3.65. The van der Waals surface area contributed by atoms with Gasteiger partial charge in [0.1, 0.15) is 0 Å². The van der Waals surface area contributed by atoms with Crippen LogP contribution in [0.25, 0.3) is 0 Å². The van der Waals surface area contributed by atoms with E-state index in [1.54, 1.807) is 0 Å². The minimum absolute atomic E-state index is 0.0997. The van der Waals surface area contributed by atoms with Crippen LogP contribution in [0.2, 0.25) is 0 Å². The van der Waals surface area contributed by atoms with Crippen LogP contribution >= 0.6 is 0 Å². The van der Waals surface area contributed by atoms with Gasteiger partial charge in [-0.3, -0.25) is 4.79 Å². The van der Waals surface area contributed by atoms with Crippen LogP contribution in [-0.2, 0) is 4.79 Å². The molecule has 1 aliphatic rings. The Kier molecular flexibility index (Phi) is 5.01. The Bertz CT molecular complexity index is 453. The van der Waals surface area contributed by atoms with Crippen LogP contribution < -0.4 is 16.0 Å². The second-order valence-corrected chi connectivity index (χ2v) is 5.97. The highest BCUT2D eigenvalue weighted by atomic mass is 16.2. The number of hydrogen-bond donors (Lipinski definition) is 2. The van der Waals surface area contributed by atoms with Crippen molar-refractivity contribution < 1.29 is 4.79 Å². The van der Waals surface area contributed by atoms with Crippen LogP contribution in [0.3, 0.4) is 0 Å². The highest BCUT2D eigenvalue weighted by molar-refractivity contribution is 5.95. The molecule has 1 atom stereocenters. The molecule has 1 aromatic rings. The molecule has 4 heteroatoms. The van der Waals surface area contributed by atoms with Gasteiger partial charge in [0.15, 0.2) is 0 Å². The van der Waals surface area contributed by atoms with Gasteiger partial charge in [0, 0.05) is 24.5 Å². The summed E-state index contributed by atoms with van der Waals surface area (Å²) in [5, 5.41) is 2.92. The maximum atomic E-state index is 12.0. The fourth-order valence-corrected chi connectivity index (χ4v) is 2.61. The van der Waals surface area contributed by atoms with Gasteiger partial charge >= 0.3 is 0 Å². The van der Waals surface area contributed by atoms with E-state index in [9.17, 15) is 4.79 Å². The predicted octanol–water partition coefficient (Wildman–Crippen LogP) is 2.60. The highest BCUT2D eigenvalue weighted by Gasteiger charge is 2.16.